The Morgan fingerprint density at radius 3 is 2.43 bits per heavy atom. The van der Waals surface area contributed by atoms with Gasteiger partial charge in [-0.1, -0.05) is 26.3 Å². The van der Waals surface area contributed by atoms with Gasteiger partial charge in [-0.25, -0.2) is 0 Å². The molecule has 1 unspecified atom stereocenters. The average molecular weight is 419 g/mol. The summed E-state index contributed by atoms with van der Waals surface area (Å²) in [7, 11) is 3.22. The maximum Gasteiger partial charge on any atom is 0.243 e. The molecule has 1 atom stereocenters. The van der Waals surface area contributed by atoms with Gasteiger partial charge in [-0.15, -0.1) is 0 Å². The Morgan fingerprint density at radius 1 is 1.17 bits per heavy atom. The van der Waals surface area contributed by atoms with Crippen LogP contribution in [0.5, 0.6) is 11.5 Å². The number of hydrogen-bond donors (Lipinski definition) is 1. The molecule has 0 aromatic heterocycles. The number of methoxy groups -OCH3 is 2. The first-order valence-corrected chi connectivity index (χ1v) is 10.8. The number of carbonyl (C=O) groups excluding carboxylic acids is 2. The van der Waals surface area contributed by atoms with Crippen molar-refractivity contribution in [3.8, 4) is 11.5 Å². The lowest BCUT2D eigenvalue weighted by molar-refractivity contribution is -0.147. The average Bonchev–Trinajstić information content (AvgIpc) is 2.65. The predicted octanol–water partition coefficient (Wildman–Crippen LogP) is 3.96. The number of amides is 2. The lowest BCUT2D eigenvalue weighted by atomic mass is 9.76. The molecule has 0 aliphatic carbocycles. The second-order valence-electron chi connectivity index (χ2n) is 9.86. The van der Waals surface area contributed by atoms with Crippen LogP contribution in [0.4, 0.5) is 0 Å². The number of rotatable bonds is 6. The van der Waals surface area contributed by atoms with Crippen LogP contribution < -0.4 is 14.8 Å². The van der Waals surface area contributed by atoms with Crippen LogP contribution in [0.1, 0.15) is 65.9 Å². The molecule has 0 saturated carbocycles. The van der Waals surface area contributed by atoms with Crippen LogP contribution >= 0.6 is 0 Å². The summed E-state index contributed by atoms with van der Waals surface area (Å²) in [5.41, 5.74) is 0.381. The molecule has 0 bridgehead atoms. The Kier molecular flexibility index (Phi) is 7.78. The second-order valence-corrected chi connectivity index (χ2v) is 9.86. The Bertz CT molecular complexity index is 752. The molecular formula is C24H38N2O4. The SMILES string of the molecule is COc1ccc(CCN2C(=O)CCCCC(C)(C)C2C(=O)NC(C)(C)C)cc1OC. The smallest absolute Gasteiger partial charge is 0.243 e. The maximum atomic E-state index is 13.3. The molecule has 0 radical (unpaired) electrons. The van der Waals surface area contributed by atoms with Gasteiger partial charge < -0.3 is 19.7 Å². The van der Waals surface area contributed by atoms with Crippen molar-refractivity contribution >= 4 is 11.8 Å². The summed E-state index contributed by atoms with van der Waals surface area (Å²) in [6, 6.07) is 5.29. The zero-order chi connectivity index (χ0) is 22.5. The van der Waals surface area contributed by atoms with Crippen molar-refractivity contribution in [2.24, 2.45) is 5.41 Å². The first kappa shape index (κ1) is 24.0. The molecule has 1 aromatic rings. The van der Waals surface area contributed by atoms with E-state index in [-0.39, 0.29) is 22.8 Å². The van der Waals surface area contributed by atoms with E-state index < -0.39 is 6.04 Å². The molecule has 1 aromatic carbocycles. The Labute approximate surface area is 181 Å². The molecule has 1 saturated heterocycles. The zero-order valence-corrected chi connectivity index (χ0v) is 19.6. The highest BCUT2D eigenvalue weighted by Gasteiger charge is 2.43. The number of nitrogens with one attached hydrogen (secondary N) is 1. The van der Waals surface area contributed by atoms with Crippen molar-refractivity contribution < 1.29 is 19.1 Å². The van der Waals surface area contributed by atoms with Gasteiger partial charge >= 0.3 is 0 Å². The van der Waals surface area contributed by atoms with Crippen LogP contribution in [0.3, 0.4) is 0 Å². The third-order valence-corrected chi connectivity index (χ3v) is 5.67. The van der Waals surface area contributed by atoms with Crippen molar-refractivity contribution in [3.63, 3.8) is 0 Å². The van der Waals surface area contributed by atoms with Gasteiger partial charge in [0.05, 0.1) is 14.2 Å². The molecule has 2 amide bonds. The zero-order valence-electron chi connectivity index (χ0n) is 19.6. The van der Waals surface area contributed by atoms with Crippen molar-refractivity contribution in [2.45, 2.75) is 78.3 Å². The minimum Gasteiger partial charge on any atom is -0.493 e. The molecule has 1 fully saturated rings. The number of ether oxygens (including phenoxy) is 2. The van der Waals surface area contributed by atoms with Crippen molar-refractivity contribution in [1.29, 1.82) is 0 Å². The van der Waals surface area contributed by atoms with Crippen LogP contribution in [-0.2, 0) is 16.0 Å². The van der Waals surface area contributed by atoms with Gasteiger partial charge in [0, 0.05) is 18.5 Å². The molecule has 30 heavy (non-hydrogen) atoms. The van der Waals surface area contributed by atoms with E-state index in [1.807, 2.05) is 39.0 Å². The highest BCUT2D eigenvalue weighted by Crippen LogP contribution is 2.35. The summed E-state index contributed by atoms with van der Waals surface area (Å²) < 4.78 is 10.7. The minimum absolute atomic E-state index is 0.0531. The van der Waals surface area contributed by atoms with Crippen molar-refractivity contribution in [2.75, 3.05) is 20.8 Å². The Hall–Kier alpha value is -2.24. The lowest BCUT2D eigenvalue weighted by Crippen LogP contribution is -2.60. The number of nitrogens with zero attached hydrogens (tertiary/aromatic N) is 1. The van der Waals surface area contributed by atoms with E-state index in [0.717, 1.165) is 24.8 Å². The molecule has 1 N–H and O–H groups in total. The fraction of sp³-hybridized carbons (Fsp3) is 0.667. The quantitative estimate of drug-likeness (QED) is 0.759. The second kappa shape index (κ2) is 9.71. The number of carbonyl (C=O) groups is 2. The molecule has 1 aliphatic rings. The predicted molar refractivity (Wildman–Crippen MR) is 119 cm³/mol. The summed E-state index contributed by atoms with van der Waals surface area (Å²) in [6.07, 6.45) is 3.86. The largest absolute Gasteiger partial charge is 0.493 e. The summed E-state index contributed by atoms with van der Waals surface area (Å²) in [6.45, 7) is 10.6. The molecule has 1 heterocycles. The Morgan fingerprint density at radius 2 is 1.83 bits per heavy atom. The van der Waals surface area contributed by atoms with Gasteiger partial charge in [0.2, 0.25) is 11.8 Å². The van der Waals surface area contributed by atoms with E-state index in [9.17, 15) is 9.59 Å². The van der Waals surface area contributed by atoms with Crippen LogP contribution in [0.15, 0.2) is 18.2 Å². The van der Waals surface area contributed by atoms with Crippen LogP contribution in [-0.4, -0.2) is 49.1 Å². The van der Waals surface area contributed by atoms with E-state index in [2.05, 4.69) is 19.2 Å². The van der Waals surface area contributed by atoms with Gasteiger partial charge in [0.25, 0.3) is 0 Å². The van der Waals surface area contributed by atoms with Gasteiger partial charge in [0.1, 0.15) is 6.04 Å². The lowest BCUT2D eigenvalue weighted by Gasteiger charge is -2.44. The maximum absolute atomic E-state index is 13.3. The molecule has 6 heteroatoms. The molecule has 6 nitrogen and oxygen atoms in total. The van der Waals surface area contributed by atoms with E-state index in [1.165, 1.54) is 0 Å². The number of likely N-dealkylation sites (tertiary alicyclic amines) is 1. The summed E-state index contributed by atoms with van der Waals surface area (Å²) in [5.74, 6) is 1.32. The van der Waals surface area contributed by atoms with Gasteiger partial charge in [-0.05, 0) is 63.1 Å². The van der Waals surface area contributed by atoms with E-state index in [1.54, 1.807) is 19.1 Å². The standard InChI is InChI=1S/C24H38N2O4/c1-23(2,3)25-22(28)21-24(4,5)14-9-8-10-20(27)26(21)15-13-17-11-12-18(29-6)19(16-17)30-7/h11-12,16,21H,8-10,13-15H2,1-7H3,(H,25,28). The minimum atomic E-state index is -0.496. The molecule has 2 rings (SSSR count). The van der Waals surface area contributed by atoms with Crippen LogP contribution in [0, 0.1) is 5.41 Å². The number of benzene rings is 1. The third-order valence-electron chi connectivity index (χ3n) is 5.67. The summed E-state index contributed by atoms with van der Waals surface area (Å²) in [4.78, 5) is 28.2. The van der Waals surface area contributed by atoms with Gasteiger partial charge in [0.15, 0.2) is 11.5 Å². The summed E-state index contributed by atoms with van der Waals surface area (Å²) >= 11 is 0. The molecule has 1 aliphatic heterocycles. The van der Waals surface area contributed by atoms with Gasteiger partial charge in [-0.2, -0.15) is 0 Å². The first-order valence-electron chi connectivity index (χ1n) is 10.8. The highest BCUT2D eigenvalue weighted by atomic mass is 16.5. The topological polar surface area (TPSA) is 67.9 Å². The number of hydrogen-bond acceptors (Lipinski definition) is 4. The first-order chi connectivity index (χ1) is 14.0. The van der Waals surface area contributed by atoms with Gasteiger partial charge in [-0.3, -0.25) is 9.59 Å². The van der Waals surface area contributed by atoms with E-state index in [0.29, 0.717) is 30.9 Å². The Balaban J connectivity index is 2.30. The fourth-order valence-corrected chi connectivity index (χ4v) is 4.18. The highest BCUT2D eigenvalue weighted by molar-refractivity contribution is 5.89. The third kappa shape index (κ3) is 6.13. The monoisotopic (exact) mass is 418 g/mol. The molecule has 0 spiro atoms. The van der Waals surface area contributed by atoms with E-state index >= 15 is 0 Å². The van der Waals surface area contributed by atoms with Crippen LogP contribution in [0.25, 0.3) is 0 Å². The van der Waals surface area contributed by atoms with Crippen LogP contribution in [0.2, 0.25) is 0 Å². The fourth-order valence-electron chi connectivity index (χ4n) is 4.18. The molecule has 168 valence electrons. The normalized spacial score (nSPS) is 19.6. The molecular weight excluding hydrogens is 380 g/mol. The van der Waals surface area contributed by atoms with Crippen molar-refractivity contribution in [1.82, 2.24) is 10.2 Å². The summed E-state index contributed by atoms with van der Waals surface area (Å²) in [5, 5.41) is 3.11. The van der Waals surface area contributed by atoms with Crippen molar-refractivity contribution in [3.05, 3.63) is 23.8 Å². The van der Waals surface area contributed by atoms with E-state index in [4.69, 9.17) is 9.47 Å².